The summed E-state index contributed by atoms with van der Waals surface area (Å²) in [5, 5.41) is 8.10. The van der Waals surface area contributed by atoms with Crippen LogP contribution in [-0.2, 0) is 6.61 Å². The standard InChI is InChI=1S/C25H24ClN5O2/c26-22-13-17(4-7-24(22)32-15-18-3-1-2-10-28-18)31-25-21-14-20(5-6-23(21)29-16-30-25)33-19-8-11-27-12-9-19/h1-7,10,13-14,16,19,27H,8-9,11-12,15H2,(H,29,30,31). The third-order valence-electron chi connectivity index (χ3n) is 5.49. The van der Waals surface area contributed by atoms with Gasteiger partial charge in [0, 0.05) is 17.3 Å². The molecular formula is C25H24ClN5O2. The normalized spacial score (nSPS) is 14.2. The topological polar surface area (TPSA) is 81.2 Å². The molecule has 0 atom stereocenters. The zero-order valence-corrected chi connectivity index (χ0v) is 18.8. The highest BCUT2D eigenvalue weighted by atomic mass is 35.5. The molecule has 0 saturated carbocycles. The van der Waals surface area contributed by atoms with Crippen molar-refractivity contribution < 1.29 is 9.47 Å². The number of hydrogen-bond donors (Lipinski definition) is 2. The van der Waals surface area contributed by atoms with Crippen LogP contribution in [0, 0.1) is 0 Å². The van der Waals surface area contributed by atoms with E-state index in [9.17, 15) is 0 Å². The van der Waals surface area contributed by atoms with Crippen LogP contribution in [0.25, 0.3) is 10.9 Å². The molecule has 0 bridgehead atoms. The number of hydrogen-bond acceptors (Lipinski definition) is 7. The van der Waals surface area contributed by atoms with Crippen molar-refractivity contribution in [2.24, 2.45) is 0 Å². The molecule has 0 unspecified atom stereocenters. The summed E-state index contributed by atoms with van der Waals surface area (Å²) in [5.41, 5.74) is 2.48. The Kier molecular flexibility index (Phi) is 6.51. The van der Waals surface area contributed by atoms with Crippen molar-refractivity contribution in [1.29, 1.82) is 0 Å². The minimum absolute atomic E-state index is 0.224. The molecule has 33 heavy (non-hydrogen) atoms. The van der Waals surface area contributed by atoms with E-state index in [1.807, 2.05) is 54.6 Å². The SMILES string of the molecule is Clc1cc(Nc2ncnc3ccc(OC4CCNCC4)cc23)ccc1OCc1ccccn1. The van der Waals surface area contributed by atoms with E-state index in [0.717, 1.165) is 54.0 Å². The molecule has 0 spiro atoms. The molecule has 2 aromatic carbocycles. The van der Waals surface area contributed by atoms with Gasteiger partial charge in [-0.25, -0.2) is 9.97 Å². The molecule has 1 aliphatic rings. The molecule has 0 aliphatic carbocycles. The molecule has 2 N–H and O–H groups in total. The molecule has 0 amide bonds. The number of aromatic nitrogens is 3. The first kappa shape index (κ1) is 21.4. The van der Waals surface area contributed by atoms with Crippen LogP contribution < -0.4 is 20.1 Å². The van der Waals surface area contributed by atoms with Gasteiger partial charge < -0.3 is 20.1 Å². The van der Waals surface area contributed by atoms with Gasteiger partial charge in [-0.05, 0) is 74.5 Å². The molecule has 4 aromatic rings. The number of pyridine rings is 1. The fourth-order valence-corrected chi connectivity index (χ4v) is 4.02. The van der Waals surface area contributed by atoms with Gasteiger partial charge in [-0.3, -0.25) is 4.98 Å². The maximum Gasteiger partial charge on any atom is 0.141 e. The smallest absolute Gasteiger partial charge is 0.141 e. The van der Waals surface area contributed by atoms with E-state index in [0.29, 0.717) is 23.2 Å². The van der Waals surface area contributed by atoms with Gasteiger partial charge in [0.25, 0.3) is 0 Å². The summed E-state index contributed by atoms with van der Waals surface area (Å²) in [6.45, 7) is 2.32. The second-order valence-corrected chi connectivity index (χ2v) is 8.26. The minimum atomic E-state index is 0.224. The maximum atomic E-state index is 6.47. The van der Waals surface area contributed by atoms with E-state index in [2.05, 4.69) is 25.6 Å². The van der Waals surface area contributed by atoms with Crippen molar-refractivity contribution in [2.75, 3.05) is 18.4 Å². The molecule has 8 heteroatoms. The quantitative estimate of drug-likeness (QED) is 0.394. The van der Waals surface area contributed by atoms with Gasteiger partial charge in [0.1, 0.15) is 36.4 Å². The average molecular weight is 462 g/mol. The highest BCUT2D eigenvalue weighted by Crippen LogP contribution is 2.32. The lowest BCUT2D eigenvalue weighted by Gasteiger charge is -2.24. The average Bonchev–Trinajstić information content (AvgIpc) is 2.85. The van der Waals surface area contributed by atoms with Gasteiger partial charge in [0.15, 0.2) is 0 Å². The summed E-state index contributed by atoms with van der Waals surface area (Å²) in [6.07, 6.45) is 5.51. The Hall–Kier alpha value is -3.42. The number of benzene rings is 2. The van der Waals surface area contributed by atoms with Gasteiger partial charge in [-0.1, -0.05) is 17.7 Å². The van der Waals surface area contributed by atoms with Crippen molar-refractivity contribution in [1.82, 2.24) is 20.3 Å². The van der Waals surface area contributed by atoms with Gasteiger partial charge in [0.2, 0.25) is 0 Å². The number of fused-ring (bicyclic) bond motifs is 1. The number of anilines is 2. The number of nitrogens with one attached hydrogen (secondary N) is 2. The fraction of sp³-hybridized carbons (Fsp3) is 0.240. The van der Waals surface area contributed by atoms with Gasteiger partial charge >= 0.3 is 0 Å². The van der Waals surface area contributed by atoms with E-state index >= 15 is 0 Å². The predicted octanol–water partition coefficient (Wildman–Crippen LogP) is 5.13. The van der Waals surface area contributed by atoms with Crippen molar-refractivity contribution in [3.8, 4) is 11.5 Å². The van der Waals surface area contributed by atoms with Crippen LogP contribution in [0.4, 0.5) is 11.5 Å². The molecule has 5 rings (SSSR count). The summed E-state index contributed by atoms with van der Waals surface area (Å²) < 4.78 is 12.0. The monoisotopic (exact) mass is 461 g/mol. The third-order valence-corrected chi connectivity index (χ3v) is 5.79. The van der Waals surface area contributed by atoms with Crippen LogP contribution in [-0.4, -0.2) is 34.1 Å². The van der Waals surface area contributed by atoms with Gasteiger partial charge in [-0.2, -0.15) is 0 Å². The van der Waals surface area contributed by atoms with E-state index in [4.69, 9.17) is 21.1 Å². The van der Waals surface area contributed by atoms with Gasteiger partial charge in [-0.15, -0.1) is 0 Å². The van der Waals surface area contributed by atoms with Crippen molar-refractivity contribution in [3.63, 3.8) is 0 Å². The van der Waals surface area contributed by atoms with Crippen molar-refractivity contribution >= 4 is 34.0 Å². The largest absolute Gasteiger partial charge is 0.490 e. The van der Waals surface area contributed by atoms with E-state index in [-0.39, 0.29) is 6.10 Å². The molecule has 1 fully saturated rings. The second-order valence-electron chi connectivity index (χ2n) is 7.85. The summed E-state index contributed by atoms with van der Waals surface area (Å²) in [6, 6.07) is 17.2. The Labute approximate surface area is 197 Å². The Bertz CT molecular complexity index is 1230. The molecule has 2 aromatic heterocycles. The van der Waals surface area contributed by atoms with Crippen LogP contribution in [0.3, 0.4) is 0 Å². The highest BCUT2D eigenvalue weighted by molar-refractivity contribution is 6.32. The Balaban J connectivity index is 1.32. The molecule has 0 radical (unpaired) electrons. The third kappa shape index (κ3) is 5.32. The number of halogens is 1. The minimum Gasteiger partial charge on any atom is -0.490 e. The van der Waals surface area contributed by atoms with Crippen molar-refractivity contribution in [2.45, 2.75) is 25.6 Å². The summed E-state index contributed by atoms with van der Waals surface area (Å²) >= 11 is 6.47. The lowest BCUT2D eigenvalue weighted by atomic mass is 10.1. The Morgan fingerprint density at radius 1 is 1.00 bits per heavy atom. The Morgan fingerprint density at radius 3 is 2.73 bits per heavy atom. The lowest BCUT2D eigenvalue weighted by molar-refractivity contribution is 0.162. The van der Waals surface area contributed by atoms with Crippen LogP contribution in [0.15, 0.2) is 67.1 Å². The van der Waals surface area contributed by atoms with E-state index < -0.39 is 0 Å². The molecule has 3 heterocycles. The van der Waals surface area contributed by atoms with Crippen LogP contribution in [0.2, 0.25) is 5.02 Å². The fourth-order valence-electron chi connectivity index (χ4n) is 3.78. The molecule has 7 nitrogen and oxygen atoms in total. The van der Waals surface area contributed by atoms with E-state index in [1.165, 1.54) is 0 Å². The summed E-state index contributed by atoms with van der Waals surface area (Å²) in [4.78, 5) is 13.1. The molecule has 1 saturated heterocycles. The number of ether oxygens (including phenoxy) is 2. The number of piperidine rings is 1. The highest BCUT2D eigenvalue weighted by Gasteiger charge is 2.15. The van der Waals surface area contributed by atoms with Crippen LogP contribution in [0.5, 0.6) is 11.5 Å². The Morgan fingerprint density at radius 2 is 1.91 bits per heavy atom. The summed E-state index contributed by atoms with van der Waals surface area (Å²) in [5.74, 6) is 2.11. The van der Waals surface area contributed by atoms with E-state index in [1.54, 1.807) is 12.5 Å². The first-order valence-electron chi connectivity index (χ1n) is 11.0. The first-order valence-corrected chi connectivity index (χ1v) is 11.3. The van der Waals surface area contributed by atoms with Crippen LogP contribution >= 0.6 is 11.6 Å². The predicted molar refractivity (Wildman–Crippen MR) is 129 cm³/mol. The number of nitrogens with zero attached hydrogens (tertiary/aromatic N) is 3. The maximum absolute atomic E-state index is 6.47. The molecular weight excluding hydrogens is 438 g/mol. The molecule has 168 valence electrons. The van der Waals surface area contributed by atoms with Crippen LogP contribution in [0.1, 0.15) is 18.5 Å². The molecule has 1 aliphatic heterocycles. The zero-order valence-electron chi connectivity index (χ0n) is 18.0. The summed E-state index contributed by atoms with van der Waals surface area (Å²) in [7, 11) is 0. The van der Waals surface area contributed by atoms with Gasteiger partial charge in [0.05, 0.1) is 16.2 Å². The zero-order chi connectivity index (χ0) is 22.5. The van der Waals surface area contributed by atoms with Crippen molar-refractivity contribution in [3.05, 3.63) is 77.8 Å². The lowest BCUT2D eigenvalue weighted by Crippen LogP contribution is -2.34. The number of rotatable bonds is 7. The first-order chi connectivity index (χ1) is 16.2. The second kappa shape index (κ2) is 10.0.